The fourth-order valence-corrected chi connectivity index (χ4v) is 4.57. The summed E-state index contributed by atoms with van der Waals surface area (Å²) >= 11 is 6.25. The topological polar surface area (TPSA) is 80.0 Å². The summed E-state index contributed by atoms with van der Waals surface area (Å²) in [4.78, 5) is 2.14. The minimum atomic E-state index is -1.37. The Kier molecular flexibility index (Phi) is 8.02. The molecule has 1 aliphatic rings. The van der Waals surface area contributed by atoms with Gasteiger partial charge in [0.15, 0.2) is 0 Å². The molecule has 1 aliphatic heterocycles. The van der Waals surface area contributed by atoms with E-state index in [4.69, 9.17) is 21.1 Å². The summed E-state index contributed by atoms with van der Waals surface area (Å²) in [6, 6.07) is 11.7. The van der Waals surface area contributed by atoms with Crippen molar-refractivity contribution in [1.82, 2.24) is 14.7 Å². The number of piperidine rings is 1. The first-order valence-electron chi connectivity index (χ1n) is 11.9. The van der Waals surface area contributed by atoms with Crippen molar-refractivity contribution in [3.05, 3.63) is 76.1 Å². The van der Waals surface area contributed by atoms with Crippen molar-refractivity contribution in [3.63, 3.8) is 0 Å². The molecule has 0 aliphatic carbocycles. The van der Waals surface area contributed by atoms with Gasteiger partial charge < -0.3 is 19.7 Å². The average molecular weight is 500 g/mol. The predicted molar refractivity (Wildman–Crippen MR) is 136 cm³/mol. The van der Waals surface area contributed by atoms with E-state index in [9.17, 15) is 10.2 Å². The summed E-state index contributed by atoms with van der Waals surface area (Å²) in [7, 11) is 0. The number of benzene rings is 2. The molecular formula is C27H34ClN3O4. The van der Waals surface area contributed by atoms with Gasteiger partial charge in [0, 0.05) is 30.9 Å². The van der Waals surface area contributed by atoms with Crippen LogP contribution in [0.1, 0.15) is 28.7 Å². The van der Waals surface area contributed by atoms with Crippen molar-refractivity contribution in [1.29, 1.82) is 0 Å². The van der Waals surface area contributed by atoms with Gasteiger partial charge in [-0.05, 0) is 73.7 Å². The molecule has 0 saturated carbocycles. The second kappa shape index (κ2) is 11.0. The van der Waals surface area contributed by atoms with Crippen LogP contribution in [0.2, 0.25) is 5.02 Å². The van der Waals surface area contributed by atoms with Gasteiger partial charge in [-0.3, -0.25) is 9.58 Å². The molecule has 0 unspecified atom stereocenters. The van der Waals surface area contributed by atoms with Gasteiger partial charge in [0.05, 0.1) is 18.8 Å². The first-order valence-corrected chi connectivity index (χ1v) is 12.3. The van der Waals surface area contributed by atoms with Crippen molar-refractivity contribution in [2.45, 2.75) is 52.0 Å². The number of rotatable bonds is 9. The Morgan fingerprint density at radius 2 is 1.89 bits per heavy atom. The Hall–Kier alpha value is -2.58. The SMILES string of the molecule is Cc1cnn(CCOc2cccc(CN3CC[C@H](O)[C@@](O)(COc4cc(C)c(Cl)c(C)c4)C3)c2)c1. The monoisotopic (exact) mass is 499 g/mol. The smallest absolute Gasteiger partial charge is 0.137 e. The second-order valence-electron chi connectivity index (χ2n) is 9.56. The van der Waals surface area contributed by atoms with Gasteiger partial charge in [0.2, 0.25) is 0 Å². The lowest BCUT2D eigenvalue weighted by atomic mass is 9.90. The molecule has 1 fully saturated rings. The summed E-state index contributed by atoms with van der Waals surface area (Å²) in [5.74, 6) is 1.44. The number of hydrogen-bond donors (Lipinski definition) is 2. The third-order valence-corrected chi connectivity index (χ3v) is 6.99. The van der Waals surface area contributed by atoms with Gasteiger partial charge in [-0.1, -0.05) is 23.7 Å². The van der Waals surface area contributed by atoms with Crippen molar-refractivity contribution < 1.29 is 19.7 Å². The summed E-state index contributed by atoms with van der Waals surface area (Å²) in [6.07, 6.45) is 3.44. The van der Waals surface area contributed by atoms with E-state index in [1.807, 2.05) is 74.2 Å². The van der Waals surface area contributed by atoms with E-state index in [1.165, 1.54) is 0 Å². The maximum atomic E-state index is 11.2. The van der Waals surface area contributed by atoms with Gasteiger partial charge in [0.25, 0.3) is 0 Å². The maximum absolute atomic E-state index is 11.2. The number of β-amino-alcohol motifs (C(OH)–C–C–N with tert-alkyl or cyclic N) is 1. The van der Waals surface area contributed by atoms with Gasteiger partial charge in [0.1, 0.15) is 30.3 Å². The van der Waals surface area contributed by atoms with Crippen LogP contribution in [0.4, 0.5) is 0 Å². The van der Waals surface area contributed by atoms with Gasteiger partial charge in [-0.2, -0.15) is 5.10 Å². The lowest BCUT2D eigenvalue weighted by Gasteiger charge is -2.42. The minimum Gasteiger partial charge on any atom is -0.492 e. The summed E-state index contributed by atoms with van der Waals surface area (Å²) in [5.41, 5.74) is 2.68. The highest BCUT2D eigenvalue weighted by molar-refractivity contribution is 6.32. The number of aromatic nitrogens is 2. The molecule has 8 heteroatoms. The van der Waals surface area contributed by atoms with Gasteiger partial charge >= 0.3 is 0 Å². The van der Waals surface area contributed by atoms with E-state index >= 15 is 0 Å². The normalized spacial score (nSPS) is 20.7. The quantitative estimate of drug-likeness (QED) is 0.464. The molecule has 35 heavy (non-hydrogen) atoms. The summed E-state index contributed by atoms with van der Waals surface area (Å²) in [5, 5.41) is 26.8. The van der Waals surface area contributed by atoms with Crippen LogP contribution in [0.15, 0.2) is 48.8 Å². The van der Waals surface area contributed by atoms with Crippen molar-refractivity contribution in [2.75, 3.05) is 26.3 Å². The van der Waals surface area contributed by atoms with E-state index in [-0.39, 0.29) is 6.61 Å². The van der Waals surface area contributed by atoms with Gasteiger partial charge in [-0.25, -0.2) is 0 Å². The second-order valence-corrected chi connectivity index (χ2v) is 9.93. The molecule has 188 valence electrons. The van der Waals surface area contributed by atoms with Crippen LogP contribution >= 0.6 is 11.6 Å². The molecule has 4 rings (SSSR count). The predicted octanol–water partition coefficient (Wildman–Crippen LogP) is 3.92. The lowest BCUT2D eigenvalue weighted by molar-refractivity contribution is -0.140. The fraction of sp³-hybridized carbons (Fsp3) is 0.444. The summed E-state index contributed by atoms with van der Waals surface area (Å²) < 4.78 is 13.7. The first-order chi connectivity index (χ1) is 16.7. The van der Waals surface area contributed by atoms with Crippen LogP contribution in [0.3, 0.4) is 0 Å². The van der Waals surface area contributed by atoms with E-state index < -0.39 is 11.7 Å². The van der Waals surface area contributed by atoms with E-state index in [0.717, 1.165) is 28.0 Å². The highest BCUT2D eigenvalue weighted by Crippen LogP contribution is 2.29. The first kappa shape index (κ1) is 25.5. The summed E-state index contributed by atoms with van der Waals surface area (Å²) in [6.45, 7) is 8.71. The van der Waals surface area contributed by atoms with Crippen LogP contribution in [0.5, 0.6) is 11.5 Å². The Morgan fingerprint density at radius 3 is 2.60 bits per heavy atom. The molecule has 7 nitrogen and oxygen atoms in total. The molecule has 1 aromatic heterocycles. The number of ether oxygens (including phenoxy) is 2. The highest BCUT2D eigenvalue weighted by Gasteiger charge is 2.42. The molecule has 3 aromatic rings. The van der Waals surface area contributed by atoms with Crippen LogP contribution in [-0.4, -0.2) is 62.9 Å². The zero-order chi connectivity index (χ0) is 25.0. The van der Waals surface area contributed by atoms with Crippen molar-refractivity contribution in [2.24, 2.45) is 0 Å². The number of nitrogens with zero attached hydrogens (tertiary/aromatic N) is 3. The molecule has 0 bridgehead atoms. The minimum absolute atomic E-state index is 0.00122. The molecule has 0 spiro atoms. The zero-order valence-electron chi connectivity index (χ0n) is 20.6. The fourth-order valence-electron chi connectivity index (χ4n) is 4.46. The molecule has 2 heterocycles. The lowest BCUT2D eigenvalue weighted by Crippen LogP contribution is -2.59. The third-order valence-electron chi connectivity index (χ3n) is 6.39. The molecular weight excluding hydrogens is 466 g/mol. The Balaban J connectivity index is 1.33. The number of hydrogen-bond acceptors (Lipinski definition) is 6. The number of aliphatic hydroxyl groups is 2. The number of halogens is 1. The Labute approximate surface area is 211 Å². The number of likely N-dealkylation sites (tertiary alicyclic amines) is 1. The largest absolute Gasteiger partial charge is 0.492 e. The zero-order valence-corrected chi connectivity index (χ0v) is 21.3. The van der Waals surface area contributed by atoms with Crippen LogP contribution in [-0.2, 0) is 13.1 Å². The van der Waals surface area contributed by atoms with Gasteiger partial charge in [-0.15, -0.1) is 0 Å². The van der Waals surface area contributed by atoms with Crippen LogP contribution < -0.4 is 9.47 Å². The van der Waals surface area contributed by atoms with Crippen molar-refractivity contribution >= 4 is 11.6 Å². The molecule has 0 amide bonds. The molecule has 2 N–H and O–H groups in total. The van der Waals surface area contributed by atoms with E-state index in [0.29, 0.717) is 50.0 Å². The third kappa shape index (κ3) is 6.55. The molecule has 2 aromatic carbocycles. The van der Waals surface area contributed by atoms with Crippen LogP contribution in [0, 0.1) is 20.8 Å². The number of aliphatic hydroxyl groups excluding tert-OH is 1. The highest BCUT2D eigenvalue weighted by atomic mass is 35.5. The number of aryl methyl sites for hydroxylation is 3. The van der Waals surface area contributed by atoms with E-state index in [1.54, 1.807) is 0 Å². The molecule has 1 saturated heterocycles. The standard InChI is InChI=1S/C27H34ClN3O4/c1-19-14-29-31(15-19)9-10-34-23-6-4-5-22(13-23)16-30-8-7-25(32)27(33,17-30)18-35-24-11-20(2)26(28)21(3)12-24/h4-6,11-15,25,32-33H,7-10,16-18H2,1-3H3/t25-,27-/m0/s1. The maximum Gasteiger partial charge on any atom is 0.137 e. The average Bonchev–Trinajstić information content (AvgIpc) is 3.24. The Bertz CT molecular complexity index is 1130. The van der Waals surface area contributed by atoms with Crippen LogP contribution in [0.25, 0.3) is 0 Å². The molecule has 2 atom stereocenters. The van der Waals surface area contributed by atoms with Crippen molar-refractivity contribution in [3.8, 4) is 11.5 Å². The molecule has 0 radical (unpaired) electrons. The Morgan fingerprint density at radius 1 is 1.11 bits per heavy atom. The van der Waals surface area contributed by atoms with E-state index in [2.05, 4.69) is 10.00 Å².